The zero-order valence-corrected chi connectivity index (χ0v) is 3.99. The molecule has 0 aromatic carbocycles. The molecule has 0 atom stereocenters. The number of hydrogen-bond acceptors (Lipinski definition) is 1. The molecule has 0 rings (SSSR count). The van der Waals surface area contributed by atoms with Crippen LogP contribution in [0.4, 0.5) is 0 Å². The third kappa shape index (κ3) is 12.3. The Labute approximate surface area is 45.1 Å². The van der Waals surface area contributed by atoms with Gasteiger partial charge in [-0.05, 0) is 13.0 Å². The van der Waals surface area contributed by atoms with Crippen LogP contribution in [0.1, 0.15) is 13.3 Å². The van der Waals surface area contributed by atoms with Crippen LogP contribution in [0, 0.1) is 0 Å². The Hall–Kier alpha value is 0.557. The molecule has 0 unspecified atom stereocenters. The first-order valence-corrected chi connectivity index (χ1v) is 1.62. The van der Waals surface area contributed by atoms with Gasteiger partial charge in [0.05, 0.1) is 0 Å². The predicted octanol–water partition coefficient (Wildman–Crippen LogP) is -2.64. The largest absolute Gasteiger partial charge is 1.00 e. The summed E-state index contributed by atoms with van der Waals surface area (Å²) in [5, 5.41) is 0. The van der Waals surface area contributed by atoms with E-state index in [0.717, 1.165) is 13.0 Å². The van der Waals surface area contributed by atoms with Gasteiger partial charge in [0.2, 0.25) is 0 Å². The Morgan fingerprint density at radius 3 is 1.80 bits per heavy atom. The van der Waals surface area contributed by atoms with Crippen molar-refractivity contribution in [3.8, 4) is 0 Å². The van der Waals surface area contributed by atoms with Gasteiger partial charge in [-0.15, -0.1) is 0 Å². The quantitative estimate of drug-likeness (QED) is 0.333. The molecule has 0 saturated heterocycles. The van der Waals surface area contributed by atoms with E-state index >= 15 is 0 Å². The monoisotopic (exact) mass is 66.1 g/mol. The van der Waals surface area contributed by atoms with Crippen LogP contribution in [-0.4, -0.2) is 6.54 Å². The summed E-state index contributed by atoms with van der Waals surface area (Å²) in [6.45, 7) is 2.88. The average molecular weight is 66.1 g/mol. The van der Waals surface area contributed by atoms with E-state index in [1.165, 1.54) is 0 Å². The number of hydrogen-bond donors (Lipinski definition) is 1. The van der Waals surface area contributed by atoms with E-state index in [-0.39, 0.29) is 18.9 Å². The van der Waals surface area contributed by atoms with Crippen LogP contribution >= 0.6 is 0 Å². The maximum atomic E-state index is 5.03. The first-order chi connectivity index (χ1) is 1.91. The molecule has 0 fully saturated rings. The minimum absolute atomic E-state index is 0. The molecule has 0 saturated carbocycles. The second-order valence-electron chi connectivity index (χ2n) is 0.789. The minimum Gasteiger partial charge on any atom is -0.330 e. The van der Waals surface area contributed by atoms with Gasteiger partial charge >= 0.3 is 18.9 Å². The SMILES string of the molecule is CCCN.[Li+]. The van der Waals surface area contributed by atoms with Crippen molar-refractivity contribution in [3.63, 3.8) is 0 Å². The van der Waals surface area contributed by atoms with Gasteiger partial charge in [0.1, 0.15) is 0 Å². The van der Waals surface area contributed by atoms with Crippen molar-refractivity contribution in [3.05, 3.63) is 0 Å². The maximum absolute atomic E-state index is 5.03. The minimum atomic E-state index is 0. The fourth-order valence-corrected chi connectivity index (χ4v) is 0. The summed E-state index contributed by atoms with van der Waals surface area (Å²) in [6, 6.07) is 0. The van der Waals surface area contributed by atoms with Crippen molar-refractivity contribution < 1.29 is 18.9 Å². The molecular formula is C3H9LiN+. The van der Waals surface area contributed by atoms with Gasteiger partial charge < -0.3 is 5.73 Å². The van der Waals surface area contributed by atoms with Gasteiger partial charge in [-0.1, -0.05) is 6.92 Å². The van der Waals surface area contributed by atoms with Crippen molar-refractivity contribution in [1.82, 2.24) is 0 Å². The molecule has 0 radical (unpaired) electrons. The van der Waals surface area contributed by atoms with Crippen molar-refractivity contribution in [1.29, 1.82) is 0 Å². The molecule has 2 N–H and O–H groups in total. The molecule has 0 bridgehead atoms. The van der Waals surface area contributed by atoms with Gasteiger partial charge in [0.15, 0.2) is 0 Å². The van der Waals surface area contributed by atoms with Crippen LogP contribution in [0.3, 0.4) is 0 Å². The van der Waals surface area contributed by atoms with E-state index in [1.807, 2.05) is 0 Å². The van der Waals surface area contributed by atoms with Gasteiger partial charge in [0, 0.05) is 0 Å². The van der Waals surface area contributed by atoms with E-state index in [1.54, 1.807) is 0 Å². The summed E-state index contributed by atoms with van der Waals surface area (Å²) in [5.74, 6) is 0. The zero-order chi connectivity index (χ0) is 3.41. The summed E-state index contributed by atoms with van der Waals surface area (Å²) in [7, 11) is 0. The van der Waals surface area contributed by atoms with Crippen LogP contribution in [0.2, 0.25) is 0 Å². The van der Waals surface area contributed by atoms with Crippen LogP contribution in [0.15, 0.2) is 0 Å². The molecule has 0 heterocycles. The molecule has 0 aliphatic carbocycles. The Kier molecular flexibility index (Phi) is 16.1. The summed E-state index contributed by atoms with van der Waals surface area (Å²) < 4.78 is 0. The third-order valence-corrected chi connectivity index (χ3v) is 0.289. The smallest absolute Gasteiger partial charge is 0.330 e. The fourth-order valence-electron chi connectivity index (χ4n) is 0. The predicted molar refractivity (Wildman–Crippen MR) is 19.3 cm³/mol. The summed E-state index contributed by atoms with van der Waals surface area (Å²) in [4.78, 5) is 0. The van der Waals surface area contributed by atoms with E-state index in [0.29, 0.717) is 0 Å². The van der Waals surface area contributed by atoms with Crippen molar-refractivity contribution in [2.24, 2.45) is 5.73 Å². The second kappa shape index (κ2) is 8.82. The van der Waals surface area contributed by atoms with Gasteiger partial charge in [0.25, 0.3) is 0 Å². The van der Waals surface area contributed by atoms with Crippen molar-refractivity contribution >= 4 is 0 Å². The Balaban J connectivity index is 0. The Bertz CT molecular complexity index is 8.85. The molecule has 0 aliphatic heterocycles. The molecule has 0 aliphatic rings. The molecule has 0 aromatic rings. The standard InChI is InChI=1S/C3H9N.Li/c1-2-3-4;/h2-4H2,1H3;/q;+1. The van der Waals surface area contributed by atoms with Gasteiger partial charge in [-0.25, -0.2) is 0 Å². The first kappa shape index (κ1) is 9.12. The molecular weight excluding hydrogens is 57.0 g/mol. The van der Waals surface area contributed by atoms with E-state index in [9.17, 15) is 0 Å². The van der Waals surface area contributed by atoms with Crippen LogP contribution in [0.5, 0.6) is 0 Å². The Morgan fingerprint density at radius 2 is 1.80 bits per heavy atom. The van der Waals surface area contributed by atoms with Gasteiger partial charge in [-0.3, -0.25) is 0 Å². The summed E-state index contributed by atoms with van der Waals surface area (Å²) in [5.41, 5.74) is 5.03. The number of nitrogens with two attached hydrogens (primary N) is 1. The van der Waals surface area contributed by atoms with Crippen molar-refractivity contribution in [2.45, 2.75) is 13.3 Å². The molecule has 2 heteroatoms. The van der Waals surface area contributed by atoms with Crippen LogP contribution in [0.25, 0.3) is 0 Å². The van der Waals surface area contributed by atoms with Gasteiger partial charge in [-0.2, -0.15) is 0 Å². The average Bonchev–Trinajstić information content (AvgIpc) is 1.37. The molecule has 0 amide bonds. The summed E-state index contributed by atoms with van der Waals surface area (Å²) >= 11 is 0. The van der Waals surface area contributed by atoms with E-state index < -0.39 is 0 Å². The van der Waals surface area contributed by atoms with Crippen molar-refractivity contribution in [2.75, 3.05) is 6.54 Å². The number of rotatable bonds is 1. The second-order valence-corrected chi connectivity index (χ2v) is 0.789. The molecule has 0 spiro atoms. The third-order valence-electron chi connectivity index (χ3n) is 0.289. The van der Waals surface area contributed by atoms with E-state index in [4.69, 9.17) is 5.73 Å². The normalized spacial score (nSPS) is 6.00. The topological polar surface area (TPSA) is 26.0 Å². The summed E-state index contributed by atoms with van der Waals surface area (Å²) in [6.07, 6.45) is 1.10. The maximum Gasteiger partial charge on any atom is 1.00 e. The van der Waals surface area contributed by atoms with Crippen LogP contribution < -0.4 is 24.6 Å². The molecule has 26 valence electrons. The first-order valence-electron chi connectivity index (χ1n) is 1.62. The Morgan fingerprint density at radius 1 is 1.60 bits per heavy atom. The fraction of sp³-hybridized carbons (Fsp3) is 1.00. The molecule has 1 nitrogen and oxygen atoms in total. The molecule has 5 heavy (non-hydrogen) atoms. The van der Waals surface area contributed by atoms with Crippen LogP contribution in [-0.2, 0) is 0 Å². The van der Waals surface area contributed by atoms with E-state index in [2.05, 4.69) is 6.92 Å². The molecule has 0 aromatic heterocycles. The zero-order valence-electron chi connectivity index (χ0n) is 3.99.